The van der Waals surface area contributed by atoms with Gasteiger partial charge in [-0.1, -0.05) is 0 Å². The summed E-state index contributed by atoms with van der Waals surface area (Å²) in [6.07, 6.45) is 3.54. The lowest BCUT2D eigenvalue weighted by atomic mass is 10.2. The van der Waals surface area contributed by atoms with Gasteiger partial charge in [0.15, 0.2) is 5.79 Å². The first kappa shape index (κ1) is 9.96. The smallest absolute Gasteiger partial charge is 0.159 e. The van der Waals surface area contributed by atoms with Gasteiger partial charge >= 0.3 is 0 Å². The molecule has 1 saturated heterocycles. The lowest BCUT2D eigenvalue weighted by molar-refractivity contribution is -0.179. The van der Waals surface area contributed by atoms with Crippen LogP contribution in [0.25, 0.3) is 0 Å². The highest BCUT2D eigenvalue weighted by Crippen LogP contribution is 2.16. The highest BCUT2D eigenvalue weighted by atomic mass is 16.6. The SMILES string of the molecule is CC(C)(O)OCCC1CCCO1. The summed E-state index contributed by atoms with van der Waals surface area (Å²) in [6.45, 7) is 4.74. The Morgan fingerprint density at radius 2 is 2.33 bits per heavy atom. The Balaban J connectivity index is 2.02. The molecule has 12 heavy (non-hydrogen) atoms. The van der Waals surface area contributed by atoms with E-state index >= 15 is 0 Å². The molecule has 0 aromatic carbocycles. The molecule has 1 aliphatic heterocycles. The van der Waals surface area contributed by atoms with Crippen LogP contribution in [-0.2, 0) is 9.47 Å². The summed E-state index contributed by atoms with van der Waals surface area (Å²) in [5.74, 6) is -1.00. The number of hydrogen-bond acceptors (Lipinski definition) is 3. The Morgan fingerprint density at radius 1 is 1.58 bits per heavy atom. The first-order chi connectivity index (χ1) is 5.58. The van der Waals surface area contributed by atoms with Crippen molar-refractivity contribution in [2.24, 2.45) is 0 Å². The van der Waals surface area contributed by atoms with E-state index in [0.29, 0.717) is 12.7 Å². The molecule has 1 rings (SSSR count). The van der Waals surface area contributed by atoms with Gasteiger partial charge in [-0.25, -0.2) is 0 Å². The minimum atomic E-state index is -1.00. The summed E-state index contributed by atoms with van der Waals surface area (Å²) in [4.78, 5) is 0. The summed E-state index contributed by atoms with van der Waals surface area (Å²) in [6, 6.07) is 0. The standard InChI is InChI=1S/C9H18O3/c1-9(2,10)12-7-5-8-4-3-6-11-8/h8,10H,3-7H2,1-2H3. The van der Waals surface area contributed by atoms with E-state index < -0.39 is 5.79 Å². The van der Waals surface area contributed by atoms with Gasteiger partial charge in [-0.3, -0.25) is 0 Å². The molecule has 0 bridgehead atoms. The first-order valence-corrected chi connectivity index (χ1v) is 4.56. The maximum absolute atomic E-state index is 9.23. The maximum Gasteiger partial charge on any atom is 0.159 e. The third kappa shape index (κ3) is 4.04. The van der Waals surface area contributed by atoms with E-state index in [2.05, 4.69) is 0 Å². The first-order valence-electron chi connectivity index (χ1n) is 4.56. The molecule has 1 fully saturated rings. The van der Waals surface area contributed by atoms with Crippen LogP contribution in [0.1, 0.15) is 33.1 Å². The normalized spacial score (nSPS) is 24.8. The molecular weight excluding hydrogens is 156 g/mol. The van der Waals surface area contributed by atoms with Crippen LogP contribution in [0, 0.1) is 0 Å². The minimum Gasteiger partial charge on any atom is -0.378 e. The Kier molecular flexibility index (Phi) is 3.50. The largest absolute Gasteiger partial charge is 0.378 e. The van der Waals surface area contributed by atoms with Crippen LogP contribution in [0.4, 0.5) is 0 Å². The number of aliphatic hydroxyl groups is 1. The summed E-state index contributed by atoms with van der Waals surface area (Å²) in [7, 11) is 0. The van der Waals surface area contributed by atoms with Crippen molar-refractivity contribution in [1.29, 1.82) is 0 Å². The van der Waals surface area contributed by atoms with Crippen molar-refractivity contribution >= 4 is 0 Å². The summed E-state index contributed by atoms with van der Waals surface area (Å²) in [5.41, 5.74) is 0. The van der Waals surface area contributed by atoms with Gasteiger partial charge in [-0.05, 0) is 33.1 Å². The van der Waals surface area contributed by atoms with Crippen LogP contribution >= 0.6 is 0 Å². The summed E-state index contributed by atoms with van der Waals surface area (Å²) in [5, 5.41) is 9.23. The second kappa shape index (κ2) is 4.21. The molecule has 1 atom stereocenters. The summed E-state index contributed by atoms with van der Waals surface area (Å²) < 4.78 is 10.6. The van der Waals surface area contributed by atoms with Crippen molar-refractivity contribution in [1.82, 2.24) is 0 Å². The van der Waals surface area contributed by atoms with Gasteiger partial charge in [0.1, 0.15) is 0 Å². The van der Waals surface area contributed by atoms with E-state index in [4.69, 9.17) is 9.47 Å². The fourth-order valence-corrected chi connectivity index (χ4v) is 1.31. The molecular formula is C9H18O3. The molecule has 0 aromatic heterocycles. The van der Waals surface area contributed by atoms with E-state index in [1.807, 2.05) is 0 Å². The van der Waals surface area contributed by atoms with Gasteiger partial charge in [-0.2, -0.15) is 0 Å². The fourth-order valence-electron chi connectivity index (χ4n) is 1.31. The van der Waals surface area contributed by atoms with Gasteiger partial charge in [0, 0.05) is 6.61 Å². The van der Waals surface area contributed by atoms with Crippen molar-refractivity contribution in [2.75, 3.05) is 13.2 Å². The van der Waals surface area contributed by atoms with Gasteiger partial charge < -0.3 is 14.6 Å². The zero-order valence-electron chi connectivity index (χ0n) is 7.88. The Bertz CT molecular complexity index is 122. The van der Waals surface area contributed by atoms with Crippen LogP contribution in [0.2, 0.25) is 0 Å². The number of rotatable bonds is 4. The van der Waals surface area contributed by atoms with E-state index in [1.165, 1.54) is 0 Å². The number of hydrogen-bond donors (Lipinski definition) is 1. The molecule has 0 aliphatic carbocycles. The lowest BCUT2D eigenvalue weighted by Crippen LogP contribution is -2.25. The van der Waals surface area contributed by atoms with E-state index in [9.17, 15) is 5.11 Å². The minimum absolute atomic E-state index is 0.354. The highest BCUT2D eigenvalue weighted by molar-refractivity contribution is 4.64. The molecule has 1 N–H and O–H groups in total. The zero-order chi connectivity index (χ0) is 9.03. The van der Waals surface area contributed by atoms with Crippen LogP contribution in [-0.4, -0.2) is 30.2 Å². The molecule has 0 radical (unpaired) electrons. The molecule has 1 heterocycles. The average molecular weight is 174 g/mol. The third-order valence-corrected chi connectivity index (χ3v) is 1.92. The van der Waals surface area contributed by atoms with Crippen molar-refractivity contribution in [2.45, 2.75) is 45.0 Å². The fraction of sp³-hybridized carbons (Fsp3) is 1.00. The maximum atomic E-state index is 9.23. The third-order valence-electron chi connectivity index (χ3n) is 1.92. The monoisotopic (exact) mass is 174 g/mol. The van der Waals surface area contributed by atoms with Gasteiger partial charge in [0.25, 0.3) is 0 Å². The molecule has 3 nitrogen and oxygen atoms in total. The lowest BCUT2D eigenvalue weighted by Gasteiger charge is -2.19. The average Bonchev–Trinajstić information content (AvgIpc) is 2.36. The Hall–Kier alpha value is -0.120. The van der Waals surface area contributed by atoms with Crippen LogP contribution in [0.5, 0.6) is 0 Å². The molecule has 0 spiro atoms. The molecule has 0 amide bonds. The second-order valence-corrected chi connectivity index (χ2v) is 3.72. The molecule has 1 unspecified atom stereocenters. The van der Waals surface area contributed by atoms with Gasteiger partial charge in [-0.15, -0.1) is 0 Å². The Labute approximate surface area is 73.7 Å². The molecule has 0 saturated carbocycles. The molecule has 0 aromatic rings. The van der Waals surface area contributed by atoms with Gasteiger partial charge in [0.2, 0.25) is 0 Å². The van der Waals surface area contributed by atoms with Crippen molar-refractivity contribution in [3.8, 4) is 0 Å². The molecule has 3 heteroatoms. The van der Waals surface area contributed by atoms with E-state index in [1.54, 1.807) is 13.8 Å². The highest BCUT2D eigenvalue weighted by Gasteiger charge is 2.17. The van der Waals surface area contributed by atoms with Crippen molar-refractivity contribution < 1.29 is 14.6 Å². The van der Waals surface area contributed by atoms with Gasteiger partial charge in [0.05, 0.1) is 12.7 Å². The van der Waals surface area contributed by atoms with Crippen LogP contribution in [0.15, 0.2) is 0 Å². The zero-order valence-corrected chi connectivity index (χ0v) is 7.88. The van der Waals surface area contributed by atoms with Crippen LogP contribution < -0.4 is 0 Å². The predicted octanol–water partition coefficient (Wildman–Crippen LogP) is 1.30. The number of ether oxygens (including phenoxy) is 2. The van der Waals surface area contributed by atoms with E-state index in [0.717, 1.165) is 25.9 Å². The topological polar surface area (TPSA) is 38.7 Å². The molecule has 1 aliphatic rings. The molecule has 72 valence electrons. The van der Waals surface area contributed by atoms with Crippen LogP contribution in [0.3, 0.4) is 0 Å². The summed E-state index contributed by atoms with van der Waals surface area (Å²) >= 11 is 0. The van der Waals surface area contributed by atoms with Crippen molar-refractivity contribution in [3.05, 3.63) is 0 Å². The van der Waals surface area contributed by atoms with E-state index in [-0.39, 0.29) is 0 Å². The predicted molar refractivity (Wildman–Crippen MR) is 45.8 cm³/mol. The quantitative estimate of drug-likeness (QED) is 0.653. The second-order valence-electron chi connectivity index (χ2n) is 3.72. The Morgan fingerprint density at radius 3 is 2.83 bits per heavy atom. The van der Waals surface area contributed by atoms with Crippen molar-refractivity contribution in [3.63, 3.8) is 0 Å².